The van der Waals surface area contributed by atoms with E-state index in [0.717, 1.165) is 28.5 Å². The summed E-state index contributed by atoms with van der Waals surface area (Å²) in [4.78, 5) is 0. The highest BCUT2D eigenvalue weighted by Gasteiger charge is 2.17. The average molecular weight is 263 g/mol. The van der Waals surface area contributed by atoms with Crippen molar-refractivity contribution in [3.05, 3.63) is 45.9 Å². The van der Waals surface area contributed by atoms with Gasteiger partial charge in [0.1, 0.15) is 11.1 Å². The monoisotopic (exact) mass is 263 g/mol. The number of ether oxygens (including phenoxy) is 1. The number of benzene rings is 1. The van der Waals surface area contributed by atoms with Crippen molar-refractivity contribution in [2.45, 2.75) is 12.5 Å². The van der Waals surface area contributed by atoms with Gasteiger partial charge in [-0.15, -0.1) is 10.2 Å². The molecule has 1 aromatic heterocycles. The molecule has 5 heteroatoms. The first-order chi connectivity index (χ1) is 8.85. The molecule has 1 aromatic carbocycles. The second-order valence-corrected chi connectivity index (χ2v) is 5.01. The van der Waals surface area contributed by atoms with Crippen molar-refractivity contribution in [1.29, 1.82) is 0 Å². The molecule has 0 bridgehead atoms. The van der Waals surface area contributed by atoms with Crippen molar-refractivity contribution in [1.82, 2.24) is 15.5 Å². The third kappa shape index (κ3) is 3.13. The van der Waals surface area contributed by atoms with Crippen LogP contribution in [0.3, 0.4) is 0 Å². The first-order valence-electron chi connectivity index (χ1n) is 5.89. The van der Waals surface area contributed by atoms with Crippen LogP contribution in [0.5, 0.6) is 0 Å². The summed E-state index contributed by atoms with van der Waals surface area (Å²) in [6.07, 6.45) is 0.784. The highest BCUT2D eigenvalue weighted by atomic mass is 32.1. The van der Waals surface area contributed by atoms with Crippen LogP contribution in [0, 0.1) is 0 Å². The zero-order valence-corrected chi connectivity index (χ0v) is 11.4. The Hall–Kier alpha value is -1.30. The second kappa shape index (κ2) is 6.58. The molecular weight excluding hydrogens is 246 g/mol. The van der Waals surface area contributed by atoms with Gasteiger partial charge in [-0.25, -0.2) is 0 Å². The lowest BCUT2D eigenvalue weighted by Gasteiger charge is -2.11. The van der Waals surface area contributed by atoms with E-state index in [-0.39, 0.29) is 6.10 Å². The van der Waals surface area contributed by atoms with Crippen LogP contribution in [0.2, 0.25) is 0 Å². The summed E-state index contributed by atoms with van der Waals surface area (Å²) in [7, 11) is 3.64. The lowest BCUT2D eigenvalue weighted by atomic mass is 10.1. The van der Waals surface area contributed by atoms with E-state index >= 15 is 0 Å². The summed E-state index contributed by atoms with van der Waals surface area (Å²) in [5.74, 6) is 0. The van der Waals surface area contributed by atoms with Gasteiger partial charge in [0.2, 0.25) is 0 Å². The van der Waals surface area contributed by atoms with E-state index in [1.807, 2.05) is 37.4 Å². The zero-order valence-electron chi connectivity index (χ0n) is 10.6. The van der Waals surface area contributed by atoms with Gasteiger partial charge in [0.15, 0.2) is 5.01 Å². The topological polar surface area (TPSA) is 47.0 Å². The third-order valence-electron chi connectivity index (χ3n) is 2.63. The molecule has 0 aliphatic rings. The van der Waals surface area contributed by atoms with Crippen LogP contribution >= 0.6 is 11.3 Å². The number of nitrogens with one attached hydrogen (secondary N) is 1. The SMILES string of the molecule is CNCCc1nnc(C(OC)c2ccccc2)s1. The summed E-state index contributed by atoms with van der Waals surface area (Å²) >= 11 is 1.61. The predicted octanol–water partition coefficient (Wildman–Crippen LogP) is 2.04. The Balaban J connectivity index is 2.15. The molecule has 96 valence electrons. The lowest BCUT2D eigenvalue weighted by molar-refractivity contribution is 0.135. The van der Waals surface area contributed by atoms with Crippen molar-refractivity contribution in [3.63, 3.8) is 0 Å². The Morgan fingerprint density at radius 1 is 1.28 bits per heavy atom. The molecule has 1 N–H and O–H groups in total. The molecule has 2 aromatic rings. The molecule has 0 spiro atoms. The summed E-state index contributed by atoms with van der Waals surface area (Å²) in [6.45, 7) is 0.914. The Bertz CT molecular complexity index is 472. The van der Waals surface area contributed by atoms with E-state index in [0.29, 0.717) is 0 Å². The molecule has 0 saturated heterocycles. The number of rotatable bonds is 6. The van der Waals surface area contributed by atoms with Gasteiger partial charge < -0.3 is 10.1 Å². The van der Waals surface area contributed by atoms with Gasteiger partial charge in [-0.3, -0.25) is 0 Å². The van der Waals surface area contributed by atoms with Crippen LogP contribution in [0.4, 0.5) is 0 Å². The van der Waals surface area contributed by atoms with Crippen molar-refractivity contribution >= 4 is 11.3 Å². The minimum Gasteiger partial charge on any atom is -0.369 e. The molecule has 1 heterocycles. The highest BCUT2D eigenvalue weighted by molar-refractivity contribution is 7.11. The molecule has 1 unspecified atom stereocenters. The Morgan fingerprint density at radius 3 is 2.72 bits per heavy atom. The van der Waals surface area contributed by atoms with E-state index in [9.17, 15) is 0 Å². The molecule has 0 fully saturated rings. The molecular formula is C13H17N3OS. The van der Waals surface area contributed by atoms with E-state index in [2.05, 4.69) is 15.5 Å². The number of hydrogen-bond donors (Lipinski definition) is 1. The van der Waals surface area contributed by atoms with Gasteiger partial charge in [-0.1, -0.05) is 41.7 Å². The quantitative estimate of drug-likeness (QED) is 0.866. The first-order valence-corrected chi connectivity index (χ1v) is 6.71. The van der Waals surface area contributed by atoms with Crippen LogP contribution in [0.15, 0.2) is 30.3 Å². The second-order valence-electron chi connectivity index (χ2n) is 3.91. The van der Waals surface area contributed by atoms with Gasteiger partial charge >= 0.3 is 0 Å². The van der Waals surface area contributed by atoms with E-state index in [1.165, 1.54) is 0 Å². The minimum absolute atomic E-state index is 0.118. The van der Waals surface area contributed by atoms with Gasteiger partial charge in [-0.2, -0.15) is 0 Å². The molecule has 4 nitrogen and oxygen atoms in total. The lowest BCUT2D eigenvalue weighted by Crippen LogP contribution is -2.09. The van der Waals surface area contributed by atoms with Crippen molar-refractivity contribution in [2.24, 2.45) is 0 Å². The number of likely N-dealkylation sites (N-methyl/N-ethyl adjacent to an activating group) is 1. The molecule has 0 amide bonds. The molecule has 0 saturated carbocycles. The van der Waals surface area contributed by atoms with Crippen molar-refractivity contribution < 1.29 is 4.74 Å². The van der Waals surface area contributed by atoms with Crippen molar-refractivity contribution in [3.8, 4) is 0 Å². The standard InChI is InChI=1S/C13H17N3OS/c1-14-9-8-11-15-16-13(18-11)12(17-2)10-6-4-3-5-7-10/h3-7,12,14H,8-9H2,1-2H3. The smallest absolute Gasteiger partial charge is 0.151 e. The van der Waals surface area contributed by atoms with E-state index in [1.54, 1.807) is 18.4 Å². The summed E-state index contributed by atoms with van der Waals surface area (Å²) < 4.78 is 5.53. The van der Waals surface area contributed by atoms with Gasteiger partial charge in [0, 0.05) is 20.1 Å². The minimum atomic E-state index is -0.118. The van der Waals surface area contributed by atoms with Gasteiger partial charge in [0.05, 0.1) is 0 Å². The zero-order chi connectivity index (χ0) is 12.8. The molecule has 0 aliphatic carbocycles. The van der Waals surface area contributed by atoms with E-state index in [4.69, 9.17) is 4.74 Å². The highest BCUT2D eigenvalue weighted by Crippen LogP contribution is 2.27. The molecule has 0 radical (unpaired) electrons. The largest absolute Gasteiger partial charge is 0.369 e. The van der Waals surface area contributed by atoms with Crippen LogP contribution in [0.25, 0.3) is 0 Å². The van der Waals surface area contributed by atoms with Crippen LogP contribution in [-0.2, 0) is 11.2 Å². The van der Waals surface area contributed by atoms with Crippen LogP contribution in [-0.4, -0.2) is 30.9 Å². The van der Waals surface area contributed by atoms with E-state index < -0.39 is 0 Å². The Morgan fingerprint density at radius 2 is 2.06 bits per heavy atom. The normalized spacial score (nSPS) is 12.6. The Kier molecular flexibility index (Phi) is 4.81. The van der Waals surface area contributed by atoms with Gasteiger partial charge in [0.25, 0.3) is 0 Å². The maximum Gasteiger partial charge on any atom is 0.151 e. The number of aromatic nitrogens is 2. The molecule has 2 rings (SSSR count). The maximum absolute atomic E-state index is 5.53. The number of methoxy groups -OCH3 is 1. The fourth-order valence-electron chi connectivity index (χ4n) is 1.71. The fourth-order valence-corrected chi connectivity index (χ4v) is 2.66. The van der Waals surface area contributed by atoms with Crippen molar-refractivity contribution in [2.75, 3.05) is 20.7 Å². The maximum atomic E-state index is 5.53. The average Bonchev–Trinajstić information content (AvgIpc) is 2.87. The van der Waals surface area contributed by atoms with Crippen LogP contribution < -0.4 is 5.32 Å². The molecule has 0 aliphatic heterocycles. The Labute approximate surface area is 111 Å². The first kappa shape index (κ1) is 13.1. The molecule has 18 heavy (non-hydrogen) atoms. The summed E-state index contributed by atoms with van der Waals surface area (Å²) in [5.41, 5.74) is 1.11. The fraction of sp³-hybridized carbons (Fsp3) is 0.385. The number of hydrogen-bond acceptors (Lipinski definition) is 5. The number of nitrogens with zero attached hydrogens (tertiary/aromatic N) is 2. The van der Waals surface area contributed by atoms with Crippen LogP contribution in [0.1, 0.15) is 21.7 Å². The van der Waals surface area contributed by atoms with Gasteiger partial charge in [-0.05, 0) is 12.6 Å². The third-order valence-corrected chi connectivity index (χ3v) is 3.66. The molecule has 1 atom stereocenters. The predicted molar refractivity (Wildman–Crippen MR) is 72.8 cm³/mol. The summed E-state index contributed by atoms with van der Waals surface area (Å²) in [5, 5.41) is 13.5. The summed E-state index contributed by atoms with van der Waals surface area (Å²) in [6, 6.07) is 10.1.